The molecule has 110 valence electrons. The normalized spacial score (nSPS) is 10.2. The second kappa shape index (κ2) is 7.40. The van der Waals surface area contributed by atoms with Crippen LogP contribution in [0.25, 0.3) is 0 Å². The van der Waals surface area contributed by atoms with E-state index in [-0.39, 0.29) is 5.91 Å². The zero-order chi connectivity index (χ0) is 15.1. The summed E-state index contributed by atoms with van der Waals surface area (Å²) in [5.74, 6) is 5.27. The van der Waals surface area contributed by atoms with E-state index < -0.39 is 0 Å². The number of benzene rings is 1. The molecule has 5 heteroatoms. The van der Waals surface area contributed by atoms with E-state index in [2.05, 4.69) is 27.9 Å². The highest BCUT2D eigenvalue weighted by atomic mass is 16.1. The number of amides is 1. The van der Waals surface area contributed by atoms with Gasteiger partial charge in [-0.2, -0.15) is 0 Å². The maximum Gasteiger partial charge on any atom is 0.255 e. The SMILES string of the molecule is Cc1cc(NN)c(C(=O)NCCCc2ccccc2)cn1. The van der Waals surface area contributed by atoms with Crippen LogP contribution in [0.1, 0.15) is 28.0 Å². The van der Waals surface area contributed by atoms with Gasteiger partial charge in [0.1, 0.15) is 0 Å². The Morgan fingerprint density at radius 1 is 1.29 bits per heavy atom. The number of hydrogen-bond acceptors (Lipinski definition) is 4. The number of nitrogens with zero attached hydrogens (tertiary/aromatic N) is 1. The molecule has 21 heavy (non-hydrogen) atoms. The molecule has 0 unspecified atom stereocenters. The standard InChI is InChI=1S/C16H20N4O/c1-12-10-15(20-17)14(11-19-12)16(21)18-9-5-8-13-6-3-2-4-7-13/h2-4,6-7,10-11H,5,8-9,17H2,1H3,(H,18,21)(H,19,20). The highest BCUT2D eigenvalue weighted by Gasteiger charge is 2.11. The molecule has 1 aromatic carbocycles. The zero-order valence-corrected chi connectivity index (χ0v) is 12.1. The average molecular weight is 284 g/mol. The van der Waals surface area contributed by atoms with E-state index in [9.17, 15) is 4.79 Å². The maximum absolute atomic E-state index is 12.1. The first kappa shape index (κ1) is 15.0. The summed E-state index contributed by atoms with van der Waals surface area (Å²) >= 11 is 0. The van der Waals surface area contributed by atoms with Crippen LogP contribution in [0.3, 0.4) is 0 Å². The Balaban J connectivity index is 1.85. The third-order valence-corrected chi connectivity index (χ3v) is 3.21. The van der Waals surface area contributed by atoms with Crippen molar-refractivity contribution in [2.45, 2.75) is 19.8 Å². The fourth-order valence-electron chi connectivity index (χ4n) is 2.09. The third kappa shape index (κ3) is 4.29. The molecule has 1 amide bonds. The minimum absolute atomic E-state index is 0.163. The topological polar surface area (TPSA) is 80.0 Å². The molecule has 2 aromatic rings. The molecule has 1 heterocycles. The van der Waals surface area contributed by atoms with Gasteiger partial charge in [-0.25, -0.2) is 0 Å². The predicted molar refractivity (Wildman–Crippen MR) is 83.9 cm³/mol. The second-order valence-electron chi connectivity index (χ2n) is 4.86. The minimum atomic E-state index is -0.163. The summed E-state index contributed by atoms with van der Waals surface area (Å²) in [7, 11) is 0. The molecule has 0 spiro atoms. The monoisotopic (exact) mass is 284 g/mol. The fraction of sp³-hybridized carbons (Fsp3) is 0.250. The van der Waals surface area contributed by atoms with Gasteiger partial charge in [-0.3, -0.25) is 15.6 Å². The summed E-state index contributed by atoms with van der Waals surface area (Å²) in [5.41, 5.74) is 5.66. The van der Waals surface area contributed by atoms with E-state index in [1.807, 2.05) is 25.1 Å². The van der Waals surface area contributed by atoms with Crippen LogP contribution < -0.4 is 16.6 Å². The van der Waals surface area contributed by atoms with E-state index in [4.69, 9.17) is 5.84 Å². The van der Waals surface area contributed by atoms with Crippen LogP contribution in [0.2, 0.25) is 0 Å². The second-order valence-corrected chi connectivity index (χ2v) is 4.86. The summed E-state index contributed by atoms with van der Waals surface area (Å²) in [6.07, 6.45) is 3.37. The Bertz CT molecular complexity index is 598. The van der Waals surface area contributed by atoms with Crippen molar-refractivity contribution in [1.82, 2.24) is 10.3 Å². The van der Waals surface area contributed by atoms with Crippen LogP contribution in [-0.4, -0.2) is 17.4 Å². The molecule has 1 aromatic heterocycles. The van der Waals surface area contributed by atoms with Crippen molar-refractivity contribution in [3.63, 3.8) is 0 Å². The Kier molecular flexibility index (Phi) is 5.29. The summed E-state index contributed by atoms with van der Waals surface area (Å²) in [6, 6.07) is 12.0. The maximum atomic E-state index is 12.1. The number of nitrogen functional groups attached to an aromatic ring is 1. The molecule has 0 bridgehead atoms. The van der Waals surface area contributed by atoms with Gasteiger partial charge in [0.2, 0.25) is 0 Å². The highest BCUT2D eigenvalue weighted by molar-refractivity contribution is 5.99. The number of aryl methyl sites for hydroxylation is 2. The van der Waals surface area contributed by atoms with E-state index in [1.54, 1.807) is 6.07 Å². The van der Waals surface area contributed by atoms with Gasteiger partial charge in [-0.1, -0.05) is 30.3 Å². The summed E-state index contributed by atoms with van der Waals surface area (Å²) < 4.78 is 0. The van der Waals surface area contributed by atoms with Crippen molar-refractivity contribution >= 4 is 11.6 Å². The predicted octanol–water partition coefficient (Wildman–Crippen LogP) is 2.04. The van der Waals surface area contributed by atoms with Gasteiger partial charge < -0.3 is 10.7 Å². The third-order valence-electron chi connectivity index (χ3n) is 3.21. The number of carbonyl (C=O) groups is 1. The molecule has 0 fully saturated rings. The molecular formula is C16H20N4O. The van der Waals surface area contributed by atoms with Crippen LogP contribution in [-0.2, 0) is 6.42 Å². The van der Waals surface area contributed by atoms with E-state index >= 15 is 0 Å². The Morgan fingerprint density at radius 2 is 2.05 bits per heavy atom. The van der Waals surface area contributed by atoms with E-state index in [1.165, 1.54) is 11.8 Å². The van der Waals surface area contributed by atoms with Gasteiger partial charge in [0, 0.05) is 18.4 Å². The lowest BCUT2D eigenvalue weighted by molar-refractivity contribution is 0.0953. The summed E-state index contributed by atoms with van der Waals surface area (Å²) in [6.45, 7) is 2.47. The van der Waals surface area contributed by atoms with Crippen molar-refractivity contribution in [3.8, 4) is 0 Å². The molecule has 0 aliphatic carbocycles. The quantitative estimate of drug-likeness (QED) is 0.431. The molecule has 0 radical (unpaired) electrons. The summed E-state index contributed by atoms with van der Waals surface area (Å²) in [4.78, 5) is 16.2. The number of nitrogens with two attached hydrogens (primary N) is 1. The Morgan fingerprint density at radius 3 is 2.76 bits per heavy atom. The fourth-order valence-corrected chi connectivity index (χ4v) is 2.09. The van der Waals surface area contributed by atoms with Crippen molar-refractivity contribution < 1.29 is 4.79 Å². The first-order valence-electron chi connectivity index (χ1n) is 6.96. The molecule has 0 saturated carbocycles. The van der Waals surface area contributed by atoms with Crippen molar-refractivity contribution in [2.24, 2.45) is 5.84 Å². The number of carbonyl (C=O) groups excluding carboxylic acids is 1. The minimum Gasteiger partial charge on any atom is -0.352 e. The van der Waals surface area contributed by atoms with Crippen LogP contribution in [0.15, 0.2) is 42.6 Å². The lowest BCUT2D eigenvalue weighted by atomic mass is 10.1. The van der Waals surface area contributed by atoms with Gasteiger partial charge in [-0.05, 0) is 31.4 Å². The molecule has 0 aliphatic heterocycles. The smallest absolute Gasteiger partial charge is 0.255 e. The van der Waals surface area contributed by atoms with Gasteiger partial charge in [0.15, 0.2) is 0 Å². The molecule has 0 aliphatic rings. The van der Waals surface area contributed by atoms with Crippen LogP contribution in [0.4, 0.5) is 5.69 Å². The number of rotatable bonds is 6. The lowest BCUT2D eigenvalue weighted by Gasteiger charge is -2.10. The largest absolute Gasteiger partial charge is 0.352 e. The van der Waals surface area contributed by atoms with Gasteiger partial charge in [0.25, 0.3) is 5.91 Å². The van der Waals surface area contributed by atoms with Gasteiger partial charge in [-0.15, -0.1) is 0 Å². The number of pyridine rings is 1. The zero-order valence-electron chi connectivity index (χ0n) is 12.1. The van der Waals surface area contributed by atoms with Crippen molar-refractivity contribution in [2.75, 3.05) is 12.0 Å². The Hall–Kier alpha value is -2.40. The number of hydrogen-bond donors (Lipinski definition) is 3. The number of anilines is 1. The van der Waals surface area contributed by atoms with Crippen molar-refractivity contribution in [1.29, 1.82) is 0 Å². The van der Waals surface area contributed by atoms with Crippen LogP contribution >= 0.6 is 0 Å². The lowest BCUT2D eigenvalue weighted by Crippen LogP contribution is -2.26. The Labute approximate surface area is 124 Å². The highest BCUT2D eigenvalue weighted by Crippen LogP contribution is 2.14. The average Bonchev–Trinajstić information content (AvgIpc) is 2.52. The molecule has 2 rings (SSSR count). The van der Waals surface area contributed by atoms with Crippen LogP contribution in [0, 0.1) is 6.92 Å². The van der Waals surface area contributed by atoms with Crippen LogP contribution in [0.5, 0.6) is 0 Å². The molecule has 0 saturated heterocycles. The molecule has 0 atom stereocenters. The number of nitrogens with one attached hydrogen (secondary N) is 2. The number of aromatic nitrogens is 1. The number of hydrazine groups is 1. The van der Waals surface area contributed by atoms with Gasteiger partial charge in [0.05, 0.1) is 11.3 Å². The molecule has 5 nitrogen and oxygen atoms in total. The molecular weight excluding hydrogens is 264 g/mol. The first-order chi connectivity index (χ1) is 10.2. The first-order valence-corrected chi connectivity index (χ1v) is 6.96. The van der Waals surface area contributed by atoms with Gasteiger partial charge >= 0.3 is 0 Å². The summed E-state index contributed by atoms with van der Waals surface area (Å²) in [5, 5.41) is 2.89. The van der Waals surface area contributed by atoms with Crippen molar-refractivity contribution in [3.05, 3.63) is 59.4 Å². The molecule has 4 N–H and O–H groups in total. The van der Waals surface area contributed by atoms with E-state index in [0.717, 1.165) is 18.5 Å². The van der Waals surface area contributed by atoms with E-state index in [0.29, 0.717) is 17.8 Å².